The van der Waals surface area contributed by atoms with Crippen molar-refractivity contribution in [3.8, 4) is 0 Å². The molecule has 1 saturated heterocycles. The Labute approximate surface area is 120 Å². The molecule has 2 atom stereocenters. The maximum atomic E-state index is 12.6. The van der Waals surface area contributed by atoms with Crippen LogP contribution in [0.4, 0.5) is 0 Å². The summed E-state index contributed by atoms with van der Waals surface area (Å²) >= 11 is 0. The van der Waals surface area contributed by atoms with Gasteiger partial charge in [0.1, 0.15) is 0 Å². The molecule has 2 aliphatic rings. The molecule has 108 valence electrons. The summed E-state index contributed by atoms with van der Waals surface area (Å²) in [5, 5.41) is 3.33. The molecule has 4 heteroatoms. The number of nitrogens with zero attached hydrogens (tertiary/aromatic N) is 1. The number of piperidine rings is 1. The average molecular weight is 274 g/mol. The number of ether oxygens (including phenoxy) is 1. The summed E-state index contributed by atoms with van der Waals surface area (Å²) in [7, 11) is 2.00. The largest absolute Gasteiger partial charge is 0.372 e. The molecule has 1 amide bonds. The summed E-state index contributed by atoms with van der Waals surface area (Å²) in [6.45, 7) is 5.18. The molecule has 0 aliphatic carbocycles. The van der Waals surface area contributed by atoms with Crippen LogP contribution in [0.5, 0.6) is 0 Å². The molecule has 20 heavy (non-hydrogen) atoms. The number of rotatable bonds is 2. The van der Waals surface area contributed by atoms with Crippen LogP contribution in [0.15, 0.2) is 18.2 Å². The summed E-state index contributed by atoms with van der Waals surface area (Å²) in [5.74, 6) is 0.650. The van der Waals surface area contributed by atoms with Crippen molar-refractivity contribution in [2.24, 2.45) is 5.92 Å². The first kappa shape index (κ1) is 13.6. The van der Waals surface area contributed by atoms with Gasteiger partial charge in [0.2, 0.25) is 0 Å². The number of fused-ring (bicyclic) bond motifs is 1. The minimum absolute atomic E-state index is 0.154. The Morgan fingerprint density at radius 2 is 2.15 bits per heavy atom. The Kier molecular flexibility index (Phi) is 3.76. The fourth-order valence-electron chi connectivity index (χ4n) is 3.25. The molecule has 1 N–H and O–H groups in total. The third kappa shape index (κ3) is 2.45. The van der Waals surface area contributed by atoms with Crippen molar-refractivity contribution >= 4 is 5.91 Å². The van der Waals surface area contributed by atoms with E-state index in [0.29, 0.717) is 25.2 Å². The molecule has 0 bridgehead atoms. The van der Waals surface area contributed by atoms with E-state index in [1.165, 1.54) is 5.56 Å². The van der Waals surface area contributed by atoms with Crippen LogP contribution in [0, 0.1) is 5.92 Å². The van der Waals surface area contributed by atoms with Crippen molar-refractivity contribution in [2.75, 3.05) is 20.1 Å². The minimum Gasteiger partial charge on any atom is -0.372 e. The minimum atomic E-state index is 0.154. The Balaban J connectivity index is 1.73. The van der Waals surface area contributed by atoms with Gasteiger partial charge in [-0.15, -0.1) is 0 Å². The Hall–Kier alpha value is -1.39. The van der Waals surface area contributed by atoms with Crippen molar-refractivity contribution in [3.05, 3.63) is 34.9 Å². The zero-order valence-electron chi connectivity index (χ0n) is 12.2. The predicted molar refractivity (Wildman–Crippen MR) is 77.5 cm³/mol. The van der Waals surface area contributed by atoms with Crippen molar-refractivity contribution in [2.45, 2.75) is 32.6 Å². The molecule has 2 aliphatic heterocycles. The van der Waals surface area contributed by atoms with Gasteiger partial charge in [-0.1, -0.05) is 13.0 Å². The maximum Gasteiger partial charge on any atom is 0.253 e. The highest BCUT2D eigenvalue weighted by molar-refractivity contribution is 5.94. The Bertz CT molecular complexity index is 515. The molecule has 0 spiro atoms. The number of nitrogens with one attached hydrogen (secondary N) is 1. The number of likely N-dealkylation sites (tertiary alicyclic amines) is 1. The molecule has 2 unspecified atom stereocenters. The third-order valence-electron chi connectivity index (χ3n) is 4.53. The van der Waals surface area contributed by atoms with Gasteiger partial charge >= 0.3 is 0 Å². The highest BCUT2D eigenvalue weighted by Gasteiger charge is 2.28. The molecular weight excluding hydrogens is 252 g/mol. The number of carbonyl (C=O) groups is 1. The third-order valence-corrected chi connectivity index (χ3v) is 4.53. The van der Waals surface area contributed by atoms with Crippen molar-refractivity contribution in [1.82, 2.24) is 10.2 Å². The number of carbonyl (C=O) groups excluding carboxylic acids is 1. The van der Waals surface area contributed by atoms with Gasteiger partial charge < -0.3 is 15.0 Å². The van der Waals surface area contributed by atoms with E-state index in [2.05, 4.69) is 12.2 Å². The standard InChI is InChI=1S/C16H22N2O2/c1-11-8-18(6-5-15(11)17-2)16(19)12-3-4-13-9-20-10-14(13)7-12/h3-4,7,11,15,17H,5-6,8-10H2,1-2H3. The van der Waals surface area contributed by atoms with E-state index >= 15 is 0 Å². The number of hydrogen-bond acceptors (Lipinski definition) is 3. The van der Waals surface area contributed by atoms with Crippen LogP contribution in [0.2, 0.25) is 0 Å². The average Bonchev–Trinajstić information content (AvgIpc) is 2.93. The Morgan fingerprint density at radius 3 is 2.90 bits per heavy atom. The maximum absolute atomic E-state index is 12.6. The van der Waals surface area contributed by atoms with Crippen LogP contribution >= 0.6 is 0 Å². The van der Waals surface area contributed by atoms with E-state index in [0.717, 1.165) is 30.6 Å². The number of hydrogen-bond donors (Lipinski definition) is 1. The molecule has 0 aromatic heterocycles. The summed E-state index contributed by atoms with van der Waals surface area (Å²) in [6.07, 6.45) is 1.03. The lowest BCUT2D eigenvalue weighted by atomic mass is 9.93. The topological polar surface area (TPSA) is 41.6 Å². The molecule has 1 aromatic rings. The first-order valence-corrected chi connectivity index (χ1v) is 7.35. The lowest BCUT2D eigenvalue weighted by Crippen LogP contribution is -2.49. The molecule has 0 radical (unpaired) electrons. The molecule has 3 rings (SSSR count). The van der Waals surface area contributed by atoms with Crippen LogP contribution in [-0.4, -0.2) is 37.0 Å². The lowest BCUT2D eigenvalue weighted by Gasteiger charge is -2.36. The van der Waals surface area contributed by atoms with Crippen molar-refractivity contribution < 1.29 is 9.53 Å². The van der Waals surface area contributed by atoms with Gasteiger partial charge in [0.05, 0.1) is 13.2 Å². The highest BCUT2D eigenvalue weighted by Crippen LogP contribution is 2.23. The molecular formula is C16H22N2O2. The van der Waals surface area contributed by atoms with E-state index in [-0.39, 0.29) is 5.91 Å². The molecule has 1 fully saturated rings. The quantitative estimate of drug-likeness (QED) is 0.894. The fourth-order valence-corrected chi connectivity index (χ4v) is 3.25. The zero-order valence-corrected chi connectivity index (χ0v) is 12.2. The Morgan fingerprint density at radius 1 is 1.35 bits per heavy atom. The van der Waals surface area contributed by atoms with Crippen molar-refractivity contribution in [1.29, 1.82) is 0 Å². The van der Waals surface area contributed by atoms with Crippen LogP contribution in [0.3, 0.4) is 0 Å². The summed E-state index contributed by atoms with van der Waals surface area (Å²) in [6, 6.07) is 6.48. The van der Waals surface area contributed by atoms with E-state index in [1.807, 2.05) is 30.1 Å². The van der Waals surface area contributed by atoms with E-state index in [1.54, 1.807) is 0 Å². The van der Waals surface area contributed by atoms with E-state index in [9.17, 15) is 4.79 Å². The van der Waals surface area contributed by atoms with Gasteiger partial charge in [0, 0.05) is 24.7 Å². The first-order chi connectivity index (χ1) is 9.69. The molecule has 1 aromatic carbocycles. The second-order valence-electron chi connectivity index (χ2n) is 5.89. The number of amides is 1. The van der Waals surface area contributed by atoms with Crippen LogP contribution < -0.4 is 5.32 Å². The van der Waals surface area contributed by atoms with Gasteiger partial charge in [-0.3, -0.25) is 4.79 Å². The molecule has 4 nitrogen and oxygen atoms in total. The van der Waals surface area contributed by atoms with Crippen molar-refractivity contribution in [3.63, 3.8) is 0 Å². The normalized spacial score (nSPS) is 25.6. The second kappa shape index (κ2) is 5.54. The lowest BCUT2D eigenvalue weighted by molar-refractivity contribution is 0.0649. The second-order valence-corrected chi connectivity index (χ2v) is 5.89. The summed E-state index contributed by atoms with van der Waals surface area (Å²) < 4.78 is 5.41. The fraction of sp³-hybridized carbons (Fsp3) is 0.562. The van der Waals surface area contributed by atoms with Crippen LogP contribution in [-0.2, 0) is 18.0 Å². The monoisotopic (exact) mass is 274 g/mol. The van der Waals surface area contributed by atoms with Gasteiger partial charge in [-0.05, 0) is 42.6 Å². The van der Waals surface area contributed by atoms with Crippen LogP contribution in [0.25, 0.3) is 0 Å². The number of benzene rings is 1. The van der Waals surface area contributed by atoms with E-state index in [4.69, 9.17) is 4.74 Å². The van der Waals surface area contributed by atoms with Gasteiger partial charge in [-0.2, -0.15) is 0 Å². The predicted octanol–water partition coefficient (Wildman–Crippen LogP) is 1.79. The first-order valence-electron chi connectivity index (χ1n) is 7.35. The highest BCUT2D eigenvalue weighted by atomic mass is 16.5. The van der Waals surface area contributed by atoms with Crippen LogP contribution in [0.1, 0.15) is 34.8 Å². The van der Waals surface area contributed by atoms with Gasteiger partial charge in [0.15, 0.2) is 0 Å². The van der Waals surface area contributed by atoms with Gasteiger partial charge in [-0.25, -0.2) is 0 Å². The zero-order chi connectivity index (χ0) is 14.1. The van der Waals surface area contributed by atoms with E-state index < -0.39 is 0 Å². The summed E-state index contributed by atoms with van der Waals surface area (Å²) in [4.78, 5) is 14.6. The smallest absolute Gasteiger partial charge is 0.253 e. The summed E-state index contributed by atoms with van der Waals surface area (Å²) in [5.41, 5.74) is 3.17. The van der Waals surface area contributed by atoms with Gasteiger partial charge in [0.25, 0.3) is 5.91 Å². The molecule has 0 saturated carbocycles. The molecule has 2 heterocycles. The SMILES string of the molecule is CNC1CCN(C(=O)c2ccc3c(c2)COC3)CC1C.